The van der Waals surface area contributed by atoms with E-state index < -0.39 is 29.3 Å². The minimum atomic E-state index is -1.00. The number of benzene rings is 2. The topological polar surface area (TPSA) is 83.6 Å². The maximum atomic E-state index is 13.9. The van der Waals surface area contributed by atoms with E-state index in [-0.39, 0.29) is 17.0 Å². The number of anilines is 1. The third kappa shape index (κ3) is 3.23. The second-order valence-corrected chi connectivity index (χ2v) is 7.66. The number of rotatable bonds is 4. The number of carbonyl (C=O) groups is 2. The summed E-state index contributed by atoms with van der Waals surface area (Å²) in [6.07, 6.45) is 3.01. The normalized spacial score (nSPS) is 16.2. The molecule has 1 N–H and O–H groups in total. The monoisotopic (exact) mass is 448 g/mol. The molecule has 0 saturated carbocycles. The van der Waals surface area contributed by atoms with Crippen molar-refractivity contribution >= 4 is 39.9 Å². The number of aliphatic hydroxyl groups excluding tert-OH is 1. The number of pyridine rings is 1. The smallest absolute Gasteiger partial charge is 0.294 e. The Balaban J connectivity index is 1.66. The first kappa shape index (κ1) is 20.0. The molecule has 0 aliphatic carbocycles. The summed E-state index contributed by atoms with van der Waals surface area (Å²) >= 11 is 6.02. The molecule has 5 rings (SSSR count). The highest BCUT2D eigenvalue weighted by atomic mass is 35.5. The van der Waals surface area contributed by atoms with Gasteiger partial charge in [0.25, 0.3) is 5.91 Å². The molecule has 1 aliphatic heterocycles. The summed E-state index contributed by atoms with van der Waals surface area (Å²) in [7, 11) is 0. The van der Waals surface area contributed by atoms with Crippen LogP contribution in [0.1, 0.15) is 22.2 Å². The highest BCUT2D eigenvalue weighted by Crippen LogP contribution is 2.42. The number of aliphatic hydroxyl groups is 1. The molecule has 1 amide bonds. The Morgan fingerprint density at radius 3 is 2.62 bits per heavy atom. The van der Waals surface area contributed by atoms with Crippen LogP contribution in [0.5, 0.6) is 0 Å². The average molecular weight is 449 g/mol. The first-order chi connectivity index (χ1) is 15.4. The number of fused-ring (bicyclic) bond motifs is 1. The Kier molecular flexibility index (Phi) is 4.75. The zero-order valence-corrected chi connectivity index (χ0v) is 17.1. The van der Waals surface area contributed by atoms with E-state index in [1.54, 1.807) is 30.3 Å². The summed E-state index contributed by atoms with van der Waals surface area (Å²) in [5.74, 6) is -2.82. The fourth-order valence-corrected chi connectivity index (χ4v) is 4.03. The highest BCUT2D eigenvalue weighted by Gasteiger charge is 2.45. The lowest BCUT2D eigenvalue weighted by Gasteiger charge is -2.26. The van der Waals surface area contributed by atoms with Crippen molar-refractivity contribution in [3.63, 3.8) is 0 Å². The Bertz CT molecular complexity index is 1410. The van der Waals surface area contributed by atoms with E-state index in [4.69, 9.17) is 16.0 Å². The molecule has 3 heterocycles. The Labute approximate surface area is 186 Å². The van der Waals surface area contributed by atoms with Crippen molar-refractivity contribution in [3.05, 3.63) is 107 Å². The van der Waals surface area contributed by atoms with Crippen LogP contribution in [0.15, 0.2) is 88.8 Å². The summed E-state index contributed by atoms with van der Waals surface area (Å²) in [5, 5.41) is 11.8. The van der Waals surface area contributed by atoms with E-state index in [2.05, 4.69) is 4.98 Å². The van der Waals surface area contributed by atoms with E-state index in [9.17, 15) is 19.1 Å². The maximum Gasteiger partial charge on any atom is 0.294 e. The Morgan fingerprint density at radius 1 is 1.09 bits per heavy atom. The average Bonchev–Trinajstić information content (AvgIpc) is 3.32. The molecule has 2 aromatic carbocycles. The largest absolute Gasteiger partial charge is 0.503 e. The van der Waals surface area contributed by atoms with Crippen molar-refractivity contribution in [2.45, 2.75) is 6.04 Å². The summed E-state index contributed by atoms with van der Waals surface area (Å²) < 4.78 is 19.6. The van der Waals surface area contributed by atoms with E-state index in [0.717, 1.165) is 6.07 Å². The van der Waals surface area contributed by atoms with Crippen molar-refractivity contribution in [1.82, 2.24) is 4.98 Å². The SMILES string of the molecule is O=C(C1=C(O)C(=O)N(c2cccc(F)c2)C1c1ccncc1)c1cc2cc(Cl)ccc2o1. The van der Waals surface area contributed by atoms with Crippen molar-refractivity contribution in [3.8, 4) is 0 Å². The van der Waals surface area contributed by atoms with Crippen molar-refractivity contribution < 1.29 is 23.5 Å². The van der Waals surface area contributed by atoms with Gasteiger partial charge in [0, 0.05) is 28.5 Å². The lowest BCUT2D eigenvalue weighted by atomic mass is 9.95. The van der Waals surface area contributed by atoms with Crippen LogP contribution in [0.2, 0.25) is 5.02 Å². The van der Waals surface area contributed by atoms with Gasteiger partial charge in [-0.3, -0.25) is 19.5 Å². The molecule has 4 aromatic rings. The number of hydrogen-bond acceptors (Lipinski definition) is 5. The summed E-state index contributed by atoms with van der Waals surface area (Å²) in [6.45, 7) is 0. The van der Waals surface area contributed by atoms with E-state index >= 15 is 0 Å². The molecule has 2 aromatic heterocycles. The lowest BCUT2D eigenvalue weighted by molar-refractivity contribution is -0.117. The van der Waals surface area contributed by atoms with Crippen LogP contribution in [-0.2, 0) is 4.79 Å². The molecule has 1 unspecified atom stereocenters. The fraction of sp³-hybridized carbons (Fsp3) is 0.0417. The van der Waals surface area contributed by atoms with Gasteiger partial charge in [-0.05, 0) is 60.2 Å². The minimum absolute atomic E-state index is 0.0586. The number of carbonyl (C=O) groups excluding carboxylic acids is 2. The van der Waals surface area contributed by atoms with Crippen LogP contribution in [-0.4, -0.2) is 21.8 Å². The number of amides is 1. The van der Waals surface area contributed by atoms with Gasteiger partial charge in [-0.1, -0.05) is 17.7 Å². The standard InChI is InChI=1S/C24H14ClFN2O4/c25-15-4-5-18-14(10-15)11-19(32-18)22(29)20-21(13-6-8-27-9-7-13)28(24(31)23(20)30)17-3-1-2-16(26)12-17/h1-12,21,30H. The summed E-state index contributed by atoms with van der Waals surface area (Å²) in [6, 6.07) is 14.0. The summed E-state index contributed by atoms with van der Waals surface area (Å²) in [5.41, 5.74) is 0.979. The molecule has 0 fully saturated rings. The van der Waals surface area contributed by atoms with E-state index in [1.807, 2.05) is 0 Å². The van der Waals surface area contributed by atoms with Crippen LogP contribution >= 0.6 is 11.6 Å². The van der Waals surface area contributed by atoms with E-state index in [0.29, 0.717) is 21.6 Å². The number of nitrogens with zero attached hydrogens (tertiary/aromatic N) is 2. The zero-order valence-electron chi connectivity index (χ0n) is 16.3. The second kappa shape index (κ2) is 7.62. The number of furan rings is 1. The van der Waals surface area contributed by atoms with Crippen LogP contribution in [0.3, 0.4) is 0 Å². The number of ketones is 1. The number of aromatic nitrogens is 1. The predicted molar refractivity (Wildman–Crippen MR) is 116 cm³/mol. The van der Waals surface area contributed by atoms with Gasteiger partial charge < -0.3 is 9.52 Å². The van der Waals surface area contributed by atoms with Gasteiger partial charge in [-0.25, -0.2) is 4.39 Å². The maximum absolute atomic E-state index is 13.9. The molecule has 32 heavy (non-hydrogen) atoms. The molecular weight excluding hydrogens is 435 g/mol. The van der Waals surface area contributed by atoms with Crippen LogP contribution < -0.4 is 4.90 Å². The van der Waals surface area contributed by atoms with Crippen LogP contribution in [0.4, 0.5) is 10.1 Å². The van der Waals surface area contributed by atoms with Gasteiger partial charge >= 0.3 is 0 Å². The number of hydrogen-bond donors (Lipinski definition) is 1. The third-order valence-corrected chi connectivity index (χ3v) is 5.50. The number of halogens is 2. The molecule has 0 spiro atoms. The third-order valence-electron chi connectivity index (χ3n) is 5.26. The second-order valence-electron chi connectivity index (χ2n) is 7.22. The van der Waals surface area contributed by atoms with Gasteiger partial charge in [0.05, 0.1) is 11.6 Å². The van der Waals surface area contributed by atoms with Crippen LogP contribution in [0, 0.1) is 5.82 Å². The molecule has 1 atom stereocenters. The molecule has 0 saturated heterocycles. The van der Waals surface area contributed by atoms with Gasteiger partial charge in [0.15, 0.2) is 11.5 Å². The Morgan fingerprint density at radius 2 is 1.88 bits per heavy atom. The predicted octanol–water partition coefficient (Wildman–Crippen LogP) is 5.40. The molecule has 0 radical (unpaired) electrons. The molecule has 6 nitrogen and oxygen atoms in total. The van der Waals surface area contributed by atoms with Gasteiger partial charge in [-0.2, -0.15) is 0 Å². The van der Waals surface area contributed by atoms with Crippen LogP contribution in [0.25, 0.3) is 11.0 Å². The highest BCUT2D eigenvalue weighted by molar-refractivity contribution is 6.31. The zero-order chi connectivity index (χ0) is 22.4. The fourth-order valence-electron chi connectivity index (χ4n) is 3.85. The first-order valence-corrected chi connectivity index (χ1v) is 9.98. The molecule has 158 valence electrons. The molecular formula is C24H14ClFN2O4. The van der Waals surface area contributed by atoms with E-state index in [1.165, 1.54) is 41.6 Å². The molecule has 1 aliphatic rings. The quantitative estimate of drug-likeness (QED) is 0.422. The number of Topliss-reactive ketones (excluding diaryl/α,β-unsaturated/α-hetero) is 1. The van der Waals surface area contributed by atoms with Gasteiger partial charge in [-0.15, -0.1) is 0 Å². The first-order valence-electron chi connectivity index (χ1n) is 9.60. The molecule has 0 bridgehead atoms. The van der Waals surface area contributed by atoms with Crippen molar-refractivity contribution in [2.75, 3.05) is 4.90 Å². The lowest BCUT2D eigenvalue weighted by Crippen LogP contribution is -2.31. The minimum Gasteiger partial charge on any atom is -0.503 e. The Hall–Kier alpha value is -3.97. The van der Waals surface area contributed by atoms with Gasteiger partial charge in [0.2, 0.25) is 5.78 Å². The van der Waals surface area contributed by atoms with Crippen molar-refractivity contribution in [1.29, 1.82) is 0 Å². The van der Waals surface area contributed by atoms with Crippen molar-refractivity contribution in [2.24, 2.45) is 0 Å². The van der Waals surface area contributed by atoms with Gasteiger partial charge in [0.1, 0.15) is 11.4 Å². The summed E-state index contributed by atoms with van der Waals surface area (Å²) in [4.78, 5) is 31.7. The molecule has 8 heteroatoms.